The molecule has 0 aliphatic heterocycles. The highest BCUT2D eigenvalue weighted by molar-refractivity contribution is 5.91. The van der Waals surface area contributed by atoms with Crippen molar-refractivity contribution >= 4 is 11.6 Å². The van der Waals surface area contributed by atoms with E-state index in [9.17, 15) is 4.79 Å². The van der Waals surface area contributed by atoms with Crippen LogP contribution < -0.4 is 10.1 Å². The Labute approximate surface area is 152 Å². The van der Waals surface area contributed by atoms with Gasteiger partial charge in [0.25, 0.3) is 11.8 Å². The van der Waals surface area contributed by atoms with Gasteiger partial charge in [0.1, 0.15) is 5.75 Å². The second-order valence-electron chi connectivity index (χ2n) is 6.35. The highest BCUT2D eigenvalue weighted by Gasteiger charge is 2.12. The zero-order valence-electron chi connectivity index (χ0n) is 15.0. The fourth-order valence-electron chi connectivity index (χ4n) is 2.37. The lowest BCUT2D eigenvalue weighted by molar-refractivity contribution is -0.118. The van der Waals surface area contributed by atoms with Gasteiger partial charge in [0.05, 0.1) is 0 Å². The van der Waals surface area contributed by atoms with Crippen LogP contribution in [0.2, 0.25) is 0 Å². The van der Waals surface area contributed by atoms with Crippen molar-refractivity contribution in [2.75, 3.05) is 11.9 Å². The van der Waals surface area contributed by atoms with Gasteiger partial charge in [0, 0.05) is 17.2 Å². The van der Waals surface area contributed by atoms with Crippen LogP contribution in [0.3, 0.4) is 0 Å². The van der Waals surface area contributed by atoms with Crippen molar-refractivity contribution in [3.05, 3.63) is 59.9 Å². The zero-order valence-corrected chi connectivity index (χ0v) is 15.0. The first-order valence-corrected chi connectivity index (χ1v) is 8.44. The Morgan fingerprint density at radius 2 is 2.00 bits per heavy atom. The van der Waals surface area contributed by atoms with E-state index in [1.807, 2.05) is 57.2 Å². The summed E-state index contributed by atoms with van der Waals surface area (Å²) in [7, 11) is 0. The highest BCUT2D eigenvalue weighted by Crippen LogP contribution is 2.24. The summed E-state index contributed by atoms with van der Waals surface area (Å²) in [6.45, 7) is 5.89. The van der Waals surface area contributed by atoms with Gasteiger partial charge in [-0.25, -0.2) is 0 Å². The summed E-state index contributed by atoms with van der Waals surface area (Å²) in [6, 6.07) is 14.8. The van der Waals surface area contributed by atoms with Gasteiger partial charge in [-0.3, -0.25) is 4.79 Å². The number of ether oxygens (including phenoxy) is 1. The van der Waals surface area contributed by atoms with E-state index in [-0.39, 0.29) is 18.4 Å². The van der Waals surface area contributed by atoms with Crippen molar-refractivity contribution in [1.82, 2.24) is 10.1 Å². The number of aryl methyl sites for hydroxylation is 1. The predicted molar refractivity (Wildman–Crippen MR) is 99.1 cm³/mol. The third kappa shape index (κ3) is 4.47. The Hall–Kier alpha value is -3.15. The third-order valence-electron chi connectivity index (χ3n) is 3.71. The standard InChI is InChI=1S/C20H21N3O3/c1-13(2)19-22-20(26-23-19)15-7-5-9-17(11-15)25-12-18(24)21-16-8-4-6-14(3)10-16/h4-11,13H,12H2,1-3H3,(H,21,24). The van der Waals surface area contributed by atoms with Gasteiger partial charge in [-0.2, -0.15) is 4.98 Å². The van der Waals surface area contributed by atoms with Crippen LogP contribution in [0.4, 0.5) is 5.69 Å². The maximum atomic E-state index is 12.1. The lowest BCUT2D eigenvalue weighted by Crippen LogP contribution is -2.20. The van der Waals surface area contributed by atoms with Gasteiger partial charge < -0.3 is 14.6 Å². The van der Waals surface area contributed by atoms with Gasteiger partial charge in [-0.1, -0.05) is 37.2 Å². The molecule has 26 heavy (non-hydrogen) atoms. The van der Waals surface area contributed by atoms with Crippen LogP contribution in [0.5, 0.6) is 5.75 Å². The van der Waals surface area contributed by atoms with Gasteiger partial charge >= 0.3 is 0 Å². The first-order valence-electron chi connectivity index (χ1n) is 8.44. The summed E-state index contributed by atoms with van der Waals surface area (Å²) in [4.78, 5) is 16.4. The monoisotopic (exact) mass is 351 g/mol. The van der Waals surface area contributed by atoms with Gasteiger partial charge in [0.2, 0.25) is 0 Å². The van der Waals surface area contributed by atoms with E-state index in [0.29, 0.717) is 17.5 Å². The van der Waals surface area contributed by atoms with E-state index in [1.165, 1.54) is 0 Å². The molecule has 0 fully saturated rings. The number of anilines is 1. The largest absolute Gasteiger partial charge is 0.484 e. The number of nitrogens with zero attached hydrogens (tertiary/aromatic N) is 2. The van der Waals surface area contributed by atoms with Crippen LogP contribution in [0.15, 0.2) is 53.1 Å². The minimum atomic E-state index is -0.221. The van der Waals surface area contributed by atoms with Crippen LogP contribution in [-0.2, 0) is 4.79 Å². The molecule has 0 aliphatic carbocycles. The summed E-state index contributed by atoms with van der Waals surface area (Å²) >= 11 is 0. The molecule has 134 valence electrons. The number of carbonyl (C=O) groups is 1. The Balaban J connectivity index is 1.62. The lowest BCUT2D eigenvalue weighted by Gasteiger charge is -2.08. The lowest BCUT2D eigenvalue weighted by atomic mass is 10.2. The Kier molecular flexibility index (Phi) is 5.31. The minimum absolute atomic E-state index is 0.0848. The molecule has 1 amide bonds. The van der Waals surface area contributed by atoms with Gasteiger partial charge in [-0.15, -0.1) is 0 Å². The van der Waals surface area contributed by atoms with Crippen molar-refractivity contribution in [2.45, 2.75) is 26.7 Å². The first kappa shape index (κ1) is 17.7. The Morgan fingerprint density at radius 3 is 2.73 bits per heavy atom. The number of nitrogens with one attached hydrogen (secondary N) is 1. The van der Waals surface area contributed by atoms with Crippen LogP contribution in [-0.4, -0.2) is 22.7 Å². The molecule has 0 bridgehead atoms. The molecule has 0 saturated heterocycles. The van der Waals surface area contributed by atoms with Gasteiger partial charge in [-0.05, 0) is 42.8 Å². The normalized spacial score (nSPS) is 10.8. The molecule has 1 N–H and O–H groups in total. The molecule has 3 rings (SSSR count). The SMILES string of the molecule is Cc1cccc(NC(=O)COc2cccc(-c3nc(C(C)C)no3)c2)c1. The summed E-state index contributed by atoms with van der Waals surface area (Å²) in [5.41, 5.74) is 2.58. The fourth-order valence-corrected chi connectivity index (χ4v) is 2.37. The highest BCUT2D eigenvalue weighted by atomic mass is 16.5. The topological polar surface area (TPSA) is 77.2 Å². The molecule has 0 radical (unpaired) electrons. The Morgan fingerprint density at radius 1 is 1.19 bits per heavy atom. The van der Waals surface area contributed by atoms with E-state index >= 15 is 0 Å². The van der Waals surface area contributed by atoms with E-state index < -0.39 is 0 Å². The molecule has 0 spiro atoms. The number of benzene rings is 2. The molecular weight excluding hydrogens is 330 g/mol. The molecule has 0 aliphatic rings. The number of rotatable bonds is 6. The van der Waals surface area contributed by atoms with Crippen LogP contribution in [0.1, 0.15) is 31.2 Å². The molecule has 0 unspecified atom stereocenters. The molecule has 2 aromatic carbocycles. The molecule has 1 heterocycles. The van der Waals surface area contributed by atoms with Crippen molar-refractivity contribution in [3.8, 4) is 17.2 Å². The maximum absolute atomic E-state index is 12.1. The molecule has 6 heteroatoms. The molecule has 6 nitrogen and oxygen atoms in total. The van der Waals surface area contributed by atoms with E-state index in [0.717, 1.165) is 16.8 Å². The molecular formula is C20H21N3O3. The zero-order chi connectivity index (χ0) is 18.5. The second kappa shape index (κ2) is 7.82. The maximum Gasteiger partial charge on any atom is 0.262 e. The predicted octanol–water partition coefficient (Wildman–Crippen LogP) is 4.19. The molecule has 0 saturated carbocycles. The van der Waals surface area contributed by atoms with Crippen LogP contribution in [0, 0.1) is 6.92 Å². The Bertz CT molecular complexity index is 903. The summed E-state index contributed by atoms with van der Waals surface area (Å²) in [6.07, 6.45) is 0. The van der Waals surface area contributed by atoms with Crippen molar-refractivity contribution in [2.24, 2.45) is 0 Å². The average Bonchev–Trinajstić information content (AvgIpc) is 3.11. The van der Waals surface area contributed by atoms with Gasteiger partial charge in [0.15, 0.2) is 12.4 Å². The first-order chi connectivity index (χ1) is 12.5. The molecule has 1 aromatic heterocycles. The summed E-state index contributed by atoms with van der Waals surface area (Å²) < 4.78 is 10.9. The number of hydrogen-bond donors (Lipinski definition) is 1. The van der Waals surface area contributed by atoms with Crippen LogP contribution in [0.25, 0.3) is 11.5 Å². The van der Waals surface area contributed by atoms with E-state index in [2.05, 4.69) is 15.5 Å². The minimum Gasteiger partial charge on any atom is -0.484 e. The quantitative estimate of drug-likeness (QED) is 0.721. The summed E-state index contributed by atoms with van der Waals surface area (Å²) in [5, 5.41) is 6.77. The van der Waals surface area contributed by atoms with Crippen LogP contribution >= 0.6 is 0 Å². The fraction of sp³-hybridized carbons (Fsp3) is 0.250. The number of hydrogen-bond acceptors (Lipinski definition) is 5. The average molecular weight is 351 g/mol. The number of amides is 1. The summed E-state index contributed by atoms with van der Waals surface area (Å²) in [5.74, 6) is 1.62. The molecule has 0 atom stereocenters. The molecule has 3 aromatic rings. The van der Waals surface area contributed by atoms with Crippen molar-refractivity contribution in [3.63, 3.8) is 0 Å². The van der Waals surface area contributed by atoms with E-state index in [1.54, 1.807) is 12.1 Å². The number of aromatic nitrogens is 2. The van der Waals surface area contributed by atoms with E-state index in [4.69, 9.17) is 9.26 Å². The smallest absolute Gasteiger partial charge is 0.262 e. The number of carbonyl (C=O) groups excluding carboxylic acids is 1. The second-order valence-corrected chi connectivity index (χ2v) is 6.35. The van der Waals surface area contributed by atoms with Crippen molar-refractivity contribution < 1.29 is 14.1 Å². The van der Waals surface area contributed by atoms with Crippen molar-refractivity contribution in [1.29, 1.82) is 0 Å². The third-order valence-corrected chi connectivity index (χ3v) is 3.71.